The first-order valence-corrected chi connectivity index (χ1v) is 10.2. The number of carbonyl (C=O) groups is 2. The molecule has 2 amide bonds. The number of amides is 2. The van der Waals surface area contributed by atoms with Crippen molar-refractivity contribution in [2.75, 3.05) is 13.1 Å². The molecule has 0 radical (unpaired) electrons. The summed E-state index contributed by atoms with van der Waals surface area (Å²) < 4.78 is 0. The predicted octanol–water partition coefficient (Wildman–Crippen LogP) is 4.18. The Kier molecular flexibility index (Phi) is 6.33. The number of benzene rings is 1. The normalized spacial score (nSPS) is 16.2. The second-order valence-corrected chi connectivity index (χ2v) is 7.88. The minimum Gasteiger partial charge on any atom is -0.356 e. The first kappa shape index (κ1) is 18.9. The molecule has 1 aliphatic rings. The highest BCUT2D eigenvalue weighted by Crippen LogP contribution is 2.38. The number of rotatable bonds is 6. The van der Waals surface area contributed by atoms with Gasteiger partial charge in [-0.15, -0.1) is 11.3 Å². The molecule has 1 aromatic heterocycles. The molecule has 0 saturated heterocycles. The van der Waals surface area contributed by atoms with Gasteiger partial charge in [-0.1, -0.05) is 30.7 Å². The molecule has 3 rings (SSSR count). The van der Waals surface area contributed by atoms with Crippen LogP contribution in [0.15, 0.2) is 35.7 Å². The van der Waals surface area contributed by atoms with Crippen molar-refractivity contribution in [1.82, 2.24) is 10.2 Å². The lowest BCUT2D eigenvalue weighted by atomic mass is 9.93. The van der Waals surface area contributed by atoms with Crippen LogP contribution < -0.4 is 5.32 Å². The monoisotopic (exact) mass is 390 g/mol. The topological polar surface area (TPSA) is 49.4 Å². The molecule has 26 heavy (non-hydrogen) atoms. The summed E-state index contributed by atoms with van der Waals surface area (Å²) in [5.74, 6) is -0.0371. The number of carbonyl (C=O) groups excluding carboxylic acids is 2. The molecular formula is C20H23ClN2O2S. The van der Waals surface area contributed by atoms with Gasteiger partial charge in [0.05, 0.1) is 6.04 Å². The fourth-order valence-corrected chi connectivity index (χ4v) is 4.34. The molecule has 1 aromatic carbocycles. The molecule has 2 heterocycles. The second-order valence-electron chi connectivity index (χ2n) is 6.44. The van der Waals surface area contributed by atoms with Crippen LogP contribution in [-0.2, 0) is 16.0 Å². The van der Waals surface area contributed by atoms with Gasteiger partial charge in [0.1, 0.15) is 0 Å². The van der Waals surface area contributed by atoms with Crippen molar-refractivity contribution >= 4 is 34.8 Å². The average Bonchev–Trinajstić information content (AvgIpc) is 3.13. The third kappa shape index (κ3) is 4.27. The predicted molar refractivity (Wildman–Crippen MR) is 106 cm³/mol. The zero-order valence-corrected chi connectivity index (χ0v) is 16.4. The zero-order chi connectivity index (χ0) is 18.5. The van der Waals surface area contributed by atoms with E-state index in [0.29, 0.717) is 18.1 Å². The van der Waals surface area contributed by atoms with Crippen LogP contribution in [-0.4, -0.2) is 29.8 Å². The van der Waals surface area contributed by atoms with Crippen LogP contribution in [0.5, 0.6) is 0 Å². The lowest BCUT2D eigenvalue weighted by Gasteiger charge is -2.36. The van der Waals surface area contributed by atoms with E-state index in [0.717, 1.165) is 18.4 Å². The van der Waals surface area contributed by atoms with Gasteiger partial charge in [0.2, 0.25) is 11.8 Å². The first-order chi connectivity index (χ1) is 12.6. The molecule has 138 valence electrons. The summed E-state index contributed by atoms with van der Waals surface area (Å²) in [4.78, 5) is 28.0. The van der Waals surface area contributed by atoms with Crippen molar-refractivity contribution in [3.8, 4) is 0 Å². The molecule has 1 unspecified atom stereocenters. The molecule has 0 spiro atoms. The van der Waals surface area contributed by atoms with Crippen LogP contribution in [0.1, 0.15) is 48.2 Å². The van der Waals surface area contributed by atoms with Crippen molar-refractivity contribution in [3.63, 3.8) is 0 Å². The fraction of sp³-hybridized carbons (Fsp3) is 0.400. The molecule has 0 saturated carbocycles. The summed E-state index contributed by atoms with van der Waals surface area (Å²) in [6.07, 6.45) is 2.23. The van der Waals surface area contributed by atoms with E-state index < -0.39 is 0 Å². The van der Waals surface area contributed by atoms with Crippen molar-refractivity contribution in [2.24, 2.45) is 0 Å². The van der Waals surface area contributed by atoms with Gasteiger partial charge in [-0.2, -0.15) is 0 Å². The van der Waals surface area contributed by atoms with Crippen molar-refractivity contribution < 1.29 is 9.59 Å². The van der Waals surface area contributed by atoms with Gasteiger partial charge in [-0.25, -0.2) is 0 Å². The third-order valence-corrected chi connectivity index (χ3v) is 5.86. The van der Waals surface area contributed by atoms with E-state index >= 15 is 0 Å². The van der Waals surface area contributed by atoms with E-state index in [4.69, 9.17) is 11.6 Å². The number of hydrogen-bond acceptors (Lipinski definition) is 3. The lowest BCUT2D eigenvalue weighted by Crippen LogP contribution is -2.40. The minimum atomic E-state index is -0.103. The quantitative estimate of drug-likeness (QED) is 0.804. The highest BCUT2D eigenvalue weighted by molar-refractivity contribution is 7.10. The number of halogens is 1. The van der Waals surface area contributed by atoms with E-state index in [-0.39, 0.29) is 30.7 Å². The van der Waals surface area contributed by atoms with E-state index in [2.05, 4.69) is 16.8 Å². The number of nitrogens with zero attached hydrogens (tertiary/aromatic N) is 1. The highest BCUT2D eigenvalue weighted by Gasteiger charge is 2.32. The number of fused-ring (bicyclic) bond motifs is 1. The number of nitrogens with one attached hydrogen (secondary N) is 1. The summed E-state index contributed by atoms with van der Waals surface area (Å²) in [7, 11) is 0. The second kappa shape index (κ2) is 8.69. The van der Waals surface area contributed by atoms with E-state index in [1.165, 1.54) is 10.4 Å². The molecule has 0 bridgehead atoms. The molecule has 4 nitrogen and oxygen atoms in total. The van der Waals surface area contributed by atoms with Crippen LogP contribution in [0.4, 0.5) is 0 Å². The third-order valence-electron chi connectivity index (χ3n) is 4.61. The molecule has 1 aliphatic heterocycles. The van der Waals surface area contributed by atoms with Crippen LogP contribution in [0.3, 0.4) is 0 Å². The highest BCUT2D eigenvalue weighted by atomic mass is 35.5. The molecule has 6 heteroatoms. The minimum absolute atomic E-state index is 0.0217. The van der Waals surface area contributed by atoms with Crippen molar-refractivity contribution in [3.05, 3.63) is 56.7 Å². The van der Waals surface area contributed by atoms with Crippen LogP contribution in [0, 0.1) is 0 Å². The fourth-order valence-electron chi connectivity index (χ4n) is 3.31. The number of thiophene rings is 1. The van der Waals surface area contributed by atoms with Crippen molar-refractivity contribution in [1.29, 1.82) is 0 Å². The van der Waals surface area contributed by atoms with E-state index in [1.807, 2.05) is 36.1 Å². The SMILES string of the molecule is CCCNC(=O)CCC(=O)N1CCc2sccc2C1c1ccc(Cl)cc1. The molecule has 2 aromatic rings. The summed E-state index contributed by atoms with van der Waals surface area (Å²) in [5.41, 5.74) is 2.24. The van der Waals surface area contributed by atoms with Crippen LogP contribution in [0.2, 0.25) is 5.02 Å². The van der Waals surface area contributed by atoms with Gasteiger partial charge in [-0.05, 0) is 47.5 Å². The maximum absolute atomic E-state index is 12.9. The zero-order valence-electron chi connectivity index (χ0n) is 14.8. The maximum atomic E-state index is 12.9. The van der Waals surface area contributed by atoms with E-state index in [1.54, 1.807) is 11.3 Å². The molecule has 0 aliphatic carbocycles. The molecule has 1 atom stereocenters. The maximum Gasteiger partial charge on any atom is 0.223 e. The smallest absolute Gasteiger partial charge is 0.223 e. The Hall–Kier alpha value is -1.85. The summed E-state index contributed by atoms with van der Waals surface area (Å²) >= 11 is 7.77. The van der Waals surface area contributed by atoms with Crippen molar-refractivity contribution in [2.45, 2.75) is 38.6 Å². The van der Waals surface area contributed by atoms with Gasteiger partial charge in [-0.3, -0.25) is 9.59 Å². The molecular weight excluding hydrogens is 368 g/mol. The Labute approximate surface area is 163 Å². The average molecular weight is 391 g/mol. The van der Waals surface area contributed by atoms with E-state index in [9.17, 15) is 9.59 Å². The van der Waals surface area contributed by atoms with Crippen LogP contribution in [0.25, 0.3) is 0 Å². The molecule has 0 fully saturated rings. The Morgan fingerprint density at radius 2 is 2.00 bits per heavy atom. The largest absolute Gasteiger partial charge is 0.356 e. The summed E-state index contributed by atoms with van der Waals surface area (Å²) in [6.45, 7) is 3.34. The van der Waals surface area contributed by atoms with Crippen LogP contribution >= 0.6 is 22.9 Å². The Morgan fingerprint density at radius 1 is 1.23 bits per heavy atom. The summed E-state index contributed by atoms with van der Waals surface area (Å²) in [5, 5.41) is 5.59. The first-order valence-electron chi connectivity index (χ1n) is 8.98. The lowest BCUT2D eigenvalue weighted by molar-refractivity contribution is -0.135. The van der Waals surface area contributed by atoms with Gasteiger partial charge < -0.3 is 10.2 Å². The Morgan fingerprint density at radius 3 is 2.73 bits per heavy atom. The summed E-state index contributed by atoms with van der Waals surface area (Å²) in [6, 6.07) is 9.68. The standard InChI is InChI=1S/C20H23ClN2O2S/c1-2-11-22-18(24)7-8-19(25)23-12-9-17-16(10-13-26-17)20(23)14-3-5-15(21)6-4-14/h3-6,10,13,20H,2,7-9,11-12H2,1H3,(H,22,24). The van der Waals surface area contributed by atoms with Gasteiger partial charge in [0.15, 0.2) is 0 Å². The van der Waals surface area contributed by atoms with Gasteiger partial charge in [0, 0.05) is 35.8 Å². The Bertz CT molecular complexity index is 772. The molecule has 1 N–H and O–H groups in total. The Balaban J connectivity index is 1.77. The van der Waals surface area contributed by atoms with Gasteiger partial charge >= 0.3 is 0 Å². The van der Waals surface area contributed by atoms with Gasteiger partial charge in [0.25, 0.3) is 0 Å². The number of hydrogen-bond donors (Lipinski definition) is 1.